The molecule has 1 fully saturated rings. The van der Waals surface area contributed by atoms with Gasteiger partial charge in [-0.2, -0.15) is 0 Å². The van der Waals surface area contributed by atoms with E-state index in [1.165, 1.54) is 32.1 Å². The number of hydrogen-bond acceptors (Lipinski definition) is 1. The molecule has 0 amide bonds. The third kappa shape index (κ3) is 3.49. The molecule has 1 aromatic carbocycles. The summed E-state index contributed by atoms with van der Waals surface area (Å²) in [4.78, 5) is 12.1. The van der Waals surface area contributed by atoms with Gasteiger partial charge in [-0.1, -0.05) is 61.4 Å². The molecule has 3 heteroatoms. The van der Waals surface area contributed by atoms with Crippen molar-refractivity contribution in [1.82, 2.24) is 0 Å². The predicted molar refractivity (Wildman–Crippen MR) is 76.6 cm³/mol. The number of carbonyl (C=O) groups is 1. The highest BCUT2D eigenvalue weighted by Crippen LogP contribution is 2.30. The second-order valence-electron chi connectivity index (χ2n) is 5.07. The van der Waals surface area contributed by atoms with Crippen molar-refractivity contribution in [3.05, 3.63) is 33.8 Å². The zero-order valence-electron chi connectivity index (χ0n) is 10.4. The van der Waals surface area contributed by atoms with Crippen molar-refractivity contribution in [3.63, 3.8) is 0 Å². The molecule has 0 unspecified atom stereocenters. The van der Waals surface area contributed by atoms with Crippen molar-refractivity contribution in [3.8, 4) is 0 Å². The fourth-order valence-electron chi connectivity index (χ4n) is 2.66. The standard InChI is InChI=1S/C15H18Cl2O/c16-13-8-4-7-12(15(13)17)14(18)10-9-11-5-2-1-3-6-11/h4,7-8,11H,1-3,5-6,9-10H2. The van der Waals surface area contributed by atoms with Crippen LogP contribution in [0.4, 0.5) is 0 Å². The monoisotopic (exact) mass is 284 g/mol. The average Bonchev–Trinajstić information content (AvgIpc) is 2.40. The van der Waals surface area contributed by atoms with Gasteiger partial charge in [-0.25, -0.2) is 0 Å². The molecule has 0 spiro atoms. The molecule has 1 saturated carbocycles. The lowest BCUT2D eigenvalue weighted by molar-refractivity contribution is 0.0970. The molecule has 0 atom stereocenters. The number of ketones is 1. The highest BCUT2D eigenvalue weighted by Gasteiger charge is 2.17. The van der Waals surface area contributed by atoms with Gasteiger partial charge in [0.2, 0.25) is 0 Å². The van der Waals surface area contributed by atoms with Gasteiger partial charge in [0.25, 0.3) is 0 Å². The first-order valence-corrected chi connectivity index (χ1v) is 7.41. The minimum absolute atomic E-state index is 0.119. The van der Waals surface area contributed by atoms with E-state index in [0.717, 1.165) is 12.3 Å². The first-order valence-electron chi connectivity index (χ1n) is 6.65. The van der Waals surface area contributed by atoms with E-state index in [4.69, 9.17) is 23.2 Å². The molecule has 0 N–H and O–H groups in total. The largest absolute Gasteiger partial charge is 0.294 e. The summed E-state index contributed by atoms with van der Waals surface area (Å²) >= 11 is 12.0. The van der Waals surface area contributed by atoms with Crippen molar-refractivity contribution >= 4 is 29.0 Å². The Morgan fingerprint density at radius 3 is 2.61 bits per heavy atom. The molecule has 98 valence electrons. The van der Waals surface area contributed by atoms with E-state index in [0.29, 0.717) is 22.0 Å². The lowest BCUT2D eigenvalue weighted by Crippen LogP contribution is -2.09. The van der Waals surface area contributed by atoms with Gasteiger partial charge in [0, 0.05) is 12.0 Å². The maximum atomic E-state index is 12.1. The third-order valence-electron chi connectivity index (χ3n) is 3.76. The average molecular weight is 285 g/mol. The van der Waals surface area contributed by atoms with Gasteiger partial charge < -0.3 is 0 Å². The van der Waals surface area contributed by atoms with E-state index >= 15 is 0 Å². The van der Waals surface area contributed by atoms with Crippen molar-refractivity contribution in [2.24, 2.45) is 5.92 Å². The summed E-state index contributed by atoms with van der Waals surface area (Å²) in [6.45, 7) is 0. The van der Waals surface area contributed by atoms with Crippen LogP contribution in [0.1, 0.15) is 55.3 Å². The van der Waals surface area contributed by atoms with Gasteiger partial charge in [-0.3, -0.25) is 4.79 Å². The molecular formula is C15H18Cl2O. The van der Waals surface area contributed by atoms with Gasteiger partial charge in [-0.15, -0.1) is 0 Å². The molecule has 2 rings (SSSR count). The van der Waals surface area contributed by atoms with Crippen LogP contribution in [-0.2, 0) is 0 Å². The Morgan fingerprint density at radius 1 is 1.17 bits per heavy atom. The summed E-state index contributed by atoms with van der Waals surface area (Å²) in [6, 6.07) is 5.25. The molecule has 0 bridgehead atoms. The minimum atomic E-state index is 0.119. The Hall–Kier alpha value is -0.530. The smallest absolute Gasteiger partial charge is 0.164 e. The Kier molecular flexibility index (Phi) is 5.08. The normalized spacial score (nSPS) is 16.8. The van der Waals surface area contributed by atoms with Crippen LogP contribution in [0.3, 0.4) is 0 Å². The number of rotatable bonds is 4. The molecule has 0 saturated heterocycles. The van der Waals surface area contributed by atoms with Crippen LogP contribution in [0.25, 0.3) is 0 Å². The first-order chi connectivity index (χ1) is 8.68. The van der Waals surface area contributed by atoms with Gasteiger partial charge in [-0.05, 0) is 24.5 Å². The quantitative estimate of drug-likeness (QED) is 0.664. The molecule has 0 aromatic heterocycles. The van der Waals surface area contributed by atoms with Crippen LogP contribution < -0.4 is 0 Å². The van der Waals surface area contributed by atoms with Gasteiger partial charge in [0.05, 0.1) is 10.0 Å². The molecule has 1 nitrogen and oxygen atoms in total. The predicted octanol–water partition coefficient (Wildman–Crippen LogP) is 5.54. The lowest BCUT2D eigenvalue weighted by Gasteiger charge is -2.21. The van der Waals surface area contributed by atoms with Crippen LogP contribution >= 0.6 is 23.2 Å². The molecule has 0 heterocycles. The summed E-state index contributed by atoms with van der Waals surface area (Å²) in [5, 5.41) is 0.855. The molecule has 0 aliphatic heterocycles. The fraction of sp³-hybridized carbons (Fsp3) is 0.533. The zero-order valence-corrected chi connectivity index (χ0v) is 11.9. The fourth-order valence-corrected chi connectivity index (χ4v) is 3.07. The number of hydrogen-bond donors (Lipinski definition) is 0. The summed E-state index contributed by atoms with van der Waals surface area (Å²) in [5.41, 5.74) is 0.569. The number of benzene rings is 1. The van der Waals surface area contributed by atoms with Crippen LogP contribution in [-0.4, -0.2) is 5.78 Å². The van der Waals surface area contributed by atoms with E-state index < -0.39 is 0 Å². The van der Waals surface area contributed by atoms with E-state index in [9.17, 15) is 4.79 Å². The van der Waals surface area contributed by atoms with Gasteiger partial charge in [0.1, 0.15) is 0 Å². The topological polar surface area (TPSA) is 17.1 Å². The van der Waals surface area contributed by atoms with E-state index in [1.54, 1.807) is 18.2 Å². The van der Waals surface area contributed by atoms with Crippen molar-refractivity contribution < 1.29 is 4.79 Å². The molecule has 1 aliphatic carbocycles. The molecule has 18 heavy (non-hydrogen) atoms. The summed E-state index contributed by atoms with van der Waals surface area (Å²) in [7, 11) is 0. The van der Waals surface area contributed by atoms with Crippen LogP contribution in [0.2, 0.25) is 10.0 Å². The Labute approximate surface area is 118 Å². The van der Waals surface area contributed by atoms with Gasteiger partial charge in [0.15, 0.2) is 5.78 Å². The summed E-state index contributed by atoms with van der Waals surface area (Å²) in [5.74, 6) is 0.841. The van der Waals surface area contributed by atoms with Crippen LogP contribution in [0.15, 0.2) is 18.2 Å². The van der Waals surface area contributed by atoms with Crippen LogP contribution in [0, 0.1) is 5.92 Å². The molecule has 1 aromatic rings. The first kappa shape index (κ1) is 13.9. The van der Waals surface area contributed by atoms with Crippen LogP contribution in [0.5, 0.6) is 0 Å². The van der Waals surface area contributed by atoms with E-state index in [2.05, 4.69) is 0 Å². The minimum Gasteiger partial charge on any atom is -0.294 e. The van der Waals surface area contributed by atoms with Crippen molar-refractivity contribution in [2.45, 2.75) is 44.9 Å². The van der Waals surface area contributed by atoms with E-state index in [-0.39, 0.29) is 5.78 Å². The highest BCUT2D eigenvalue weighted by atomic mass is 35.5. The Bertz CT molecular complexity index is 423. The Balaban J connectivity index is 1.93. The number of Topliss-reactive ketones (excluding diaryl/α,β-unsaturated/α-hetero) is 1. The van der Waals surface area contributed by atoms with Crippen molar-refractivity contribution in [1.29, 1.82) is 0 Å². The second kappa shape index (κ2) is 6.58. The lowest BCUT2D eigenvalue weighted by atomic mass is 9.85. The highest BCUT2D eigenvalue weighted by molar-refractivity contribution is 6.43. The zero-order chi connectivity index (χ0) is 13.0. The van der Waals surface area contributed by atoms with Gasteiger partial charge >= 0.3 is 0 Å². The summed E-state index contributed by atoms with van der Waals surface area (Å²) in [6.07, 6.45) is 8.11. The molecular weight excluding hydrogens is 267 g/mol. The maximum Gasteiger partial charge on any atom is 0.164 e. The van der Waals surface area contributed by atoms with Crippen molar-refractivity contribution in [2.75, 3.05) is 0 Å². The Morgan fingerprint density at radius 2 is 1.89 bits per heavy atom. The number of carbonyl (C=O) groups excluding carboxylic acids is 1. The van der Waals surface area contributed by atoms with E-state index in [1.807, 2.05) is 0 Å². The molecule has 1 aliphatic rings. The second-order valence-corrected chi connectivity index (χ2v) is 5.85. The SMILES string of the molecule is O=C(CCC1CCCCC1)c1cccc(Cl)c1Cl. The number of halogens is 2. The third-order valence-corrected chi connectivity index (χ3v) is 4.58. The molecule has 0 radical (unpaired) electrons. The summed E-state index contributed by atoms with van der Waals surface area (Å²) < 4.78 is 0. The maximum absolute atomic E-state index is 12.1.